The smallest absolute Gasteiger partial charge is 0.360 e. The molecule has 1 atom stereocenters. The van der Waals surface area contributed by atoms with Gasteiger partial charge in [0.2, 0.25) is 0 Å². The Bertz CT molecular complexity index is 972. The van der Waals surface area contributed by atoms with Crippen LogP contribution in [-0.4, -0.2) is 36.8 Å². The summed E-state index contributed by atoms with van der Waals surface area (Å²) in [6, 6.07) is 10.3. The average molecular weight is 507 g/mol. The Balaban J connectivity index is 1.73. The van der Waals surface area contributed by atoms with Crippen LogP contribution in [0.5, 0.6) is 11.5 Å². The molecule has 6 nitrogen and oxygen atoms in total. The van der Waals surface area contributed by atoms with Crippen molar-refractivity contribution in [3.63, 3.8) is 0 Å². The maximum absolute atomic E-state index is 12.1. The molecule has 0 aromatic heterocycles. The lowest BCUT2D eigenvalue weighted by molar-refractivity contribution is -0.132. The zero-order valence-electron chi connectivity index (χ0n) is 16.7. The van der Waals surface area contributed by atoms with E-state index >= 15 is 0 Å². The number of carbonyl (C=O) groups is 1. The van der Waals surface area contributed by atoms with E-state index in [-0.39, 0.29) is 18.2 Å². The van der Waals surface area contributed by atoms with Crippen LogP contribution in [0.1, 0.15) is 17.5 Å². The van der Waals surface area contributed by atoms with Crippen molar-refractivity contribution in [2.24, 2.45) is 11.1 Å². The van der Waals surface area contributed by atoms with Gasteiger partial charge in [0.15, 0.2) is 11.5 Å². The highest BCUT2D eigenvalue weighted by Gasteiger charge is 2.52. The zero-order chi connectivity index (χ0) is 22.6. The molecular weight excluding hydrogens is 488 g/mol. The van der Waals surface area contributed by atoms with E-state index in [1.807, 2.05) is 6.07 Å². The van der Waals surface area contributed by atoms with E-state index in [0.717, 1.165) is 0 Å². The van der Waals surface area contributed by atoms with Crippen LogP contribution in [0.3, 0.4) is 0 Å². The lowest BCUT2D eigenvalue weighted by Crippen LogP contribution is -2.19. The molecule has 166 valence electrons. The number of halogens is 4. The molecule has 0 amide bonds. The summed E-state index contributed by atoms with van der Waals surface area (Å²) in [5, 5.41) is 4.37. The first kappa shape index (κ1) is 23.8. The van der Waals surface area contributed by atoms with Crippen molar-refractivity contribution in [1.29, 1.82) is 0 Å². The van der Waals surface area contributed by atoms with Crippen molar-refractivity contribution >= 4 is 58.1 Å². The Morgan fingerprint density at radius 3 is 2.35 bits per heavy atom. The molecule has 0 aliphatic heterocycles. The summed E-state index contributed by atoms with van der Waals surface area (Å²) in [6.07, 6.45) is 0.659. The highest BCUT2D eigenvalue weighted by atomic mass is 35.5. The first-order chi connectivity index (χ1) is 14.8. The van der Waals surface area contributed by atoms with Crippen LogP contribution in [-0.2, 0) is 21.0 Å². The third kappa shape index (κ3) is 5.89. The molecule has 0 N–H and O–H groups in total. The molecular formula is C21H19Cl4NO5. The number of methoxy groups -OCH3 is 1. The number of hydrogen-bond donors (Lipinski definition) is 0. The standard InChI is InChI=1S/C21H19Cl4NO5/c1-28-20(27)18(26-29-2)15-6-4-3-5-12(15)10-30-14-7-16(22)19(17(23)8-14)31-11-13-9-21(13,24)25/h3-8,13H,9-11H2,1-2H3. The van der Waals surface area contributed by atoms with Gasteiger partial charge in [-0.15, -0.1) is 23.2 Å². The molecule has 1 saturated carbocycles. The molecule has 1 aliphatic carbocycles. The number of carbonyl (C=O) groups excluding carboxylic acids is 1. The molecule has 1 aliphatic rings. The van der Waals surface area contributed by atoms with Gasteiger partial charge in [-0.1, -0.05) is 52.6 Å². The van der Waals surface area contributed by atoms with Crippen molar-refractivity contribution in [3.8, 4) is 11.5 Å². The molecule has 2 aromatic carbocycles. The second-order valence-electron chi connectivity index (χ2n) is 6.75. The van der Waals surface area contributed by atoms with Crippen molar-refractivity contribution < 1.29 is 23.8 Å². The van der Waals surface area contributed by atoms with Crippen LogP contribution < -0.4 is 9.47 Å². The summed E-state index contributed by atoms with van der Waals surface area (Å²) >= 11 is 24.7. The van der Waals surface area contributed by atoms with Crippen LogP contribution in [0.25, 0.3) is 0 Å². The minimum absolute atomic E-state index is 0.0266. The molecule has 0 spiro atoms. The molecule has 10 heteroatoms. The molecule has 0 radical (unpaired) electrons. The number of hydrogen-bond acceptors (Lipinski definition) is 6. The molecule has 0 bridgehead atoms. The van der Waals surface area contributed by atoms with Crippen LogP contribution in [0.4, 0.5) is 0 Å². The molecule has 1 fully saturated rings. The second-order valence-corrected chi connectivity index (χ2v) is 9.11. The van der Waals surface area contributed by atoms with E-state index in [1.54, 1.807) is 30.3 Å². The van der Waals surface area contributed by atoms with Gasteiger partial charge in [0.05, 0.1) is 23.8 Å². The van der Waals surface area contributed by atoms with Gasteiger partial charge in [0.1, 0.15) is 23.8 Å². The van der Waals surface area contributed by atoms with Crippen LogP contribution in [0, 0.1) is 5.92 Å². The third-order valence-corrected chi connectivity index (χ3v) is 6.07. The predicted octanol–water partition coefficient (Wildman–Crippen LogP) is 5.67. The number of ether oxygens (including phenoxy) is 3. The van der Waals surface area contributed by atoms with Gasteiger partial charge in [-0.25, -0.2) is 4.79 Å². The Morgan fingerprint density at radius 2 is 1.77 bits per heavy atom. The van der Waals surface area contributed by atoms with Crippen LogP contribution in [0.2, 0.25) is 10.0 Å². The summed E-state index contributed by atoms with van der Waals surface area (Å²) in [5.74, 6) is 0.173. The second kappa shape index (κ2) is 10.2. The van der Waals surface area contributed by atoms with E-state index in [0.29, 0.717) is 45.7 Å². The summed E-state index contributed by atoms with van der Waals surface area (Å²) in [7, 11) is 2.61. The first-order valence-corrected chi connectivity index (χ1v) is 10.7. The fraction of sp³-hybridized carbons (Fsp3) is 0.333. The van der Waals surface area contributed by atoms with Crippen molar-refractivity contribution in [1.82, 2.24) is 0 Å². The quantitative estimate of drug-likeness (QED) is 0.190. The fourth-order valence-corrected chi connectivity index (χ4v) is 3.89. The number of nitrogens with zero attached hydrogens (tertiary/aromatic N) is 1. The summed E-state index contributed by atoms with van der Waals surface area (Å²) in [4.78, 5) is 16.9. The van der Waals surface area contributed by atoms with E-state index in [4.69, 9.17) is 65.5 Å². The van der Waals surface area contributed by atoms with Gasteiger partial charge in [-0.05, 0) is 12.0 Å². The van der Waals surface area contributed by atoms with Crippen molar-refractivity contribution in [2.45, 2.75) is 17.4 Å². The Hall–Kier alpha value is -1.86. The van der Waals surface area contributed by atoms with Crippen molar-refractivity contribution in [2.75, 3.05) is 20.8 Å². The Kier molecular flexibility index (Phi) is 7.81. The largest absolute Gasteiger partial charge is 0.490 e. The molecule has 31 heavy (non-hydrogen) atoms. The van der Waals surface area contributed by atoms with Gasteiger partial charge < -0.3 is 19.0 Å². The highest BCUT2D eigenvalue weighted by molar-refractivity contribution is 6.50. The SMILES string of the molecule is CON=C(C(=O)OC)c1ccccc1COc1cc(Cl)c(OCC2CC2(Cl)Cl)c(Cl)c1. The fourth-order valence-electron chi connectivity index (χ4n) is 2.81. The lowest BCUT2D eigenvalue weighted by atomic mass is 10.0. The number of oxime groups is 1. The summed E-state index contributed by atoms with van der Waals surface area (Å²) in [6.45, 7) is 0.432. The van der Waals surface area contributed by atoms with Gasteiger partial charge >= 0.3 is 5.97 Å². The van der Waals surface area contributed by atoms with E-state index in [1.165, 1.54) is 14.2 Å². The van der Waals surface area contributed by atoms with Gasteiger partial charge in [0, 0.05) is 23.6 Å². The molecule has 0 saturated heterocycles. The van der Waals surface area contributed by atoms with Crippen LogP contribution in [0.15, 0.2) is 41.6 Å². The minimum Gasteiger partial charge on any atom is -0.490 e. The monoisotopic (exact) mass is 505 g/mol. The maximum atomic E-state index is 12.1. The topological polar surface area (TPSA) is 66.4 Å². The van der Waals surface area contributed by atoms with Gasteiger partial charge in [0.25, 0.3) is 0 Å². The average Bonchev–Trinajstić information content (AvgIpc) is 3.36. The summed E-state index contributed by atoms with van der Waals surface area (Å²) < 4.78 is 15.6. The molecule has 3 rings (SSSR count). The minimum atomic E-state index is -0.745. The van der Waals surface area contributed by atoms with E-state index < -0.39 is 10.3 Å². The van der Waals surface area contributed by atoms with Crippen LogP contribution >= 0.6 is 46.4 Å². The Labute approximate surface area is 199 Å². The Morgan fingerprint density at radius 1 is 1.13 bits per heavy atom. The number of alkyl halides is 2. The number of rotatable bonds is 9. The van der Waals surface area contributed by atoms with Crippen molar-refractivity contribution in [3.05, 3.63) is 57.6 Å². The highest BCUT2D eigenvalue weighted by Crippen LogP contribution is 2.53. The zero-order valence-corrected chi connectivity index (χ0v) is 19.7. The normalized spacial score (nSPS) is 17.1. The first-order valence-electron chi connectivity index (χ1n) is 9.17. The van der Waals surface area contributed by atoms with Gasteiger partial charge in [-0.2, -0.15) is 0 Å². The lowest BCUT2D eigenvalue weighted by Gasteiger charge is -2.14. The summed E-state index contributed by atoms with van der Waals surface area (Å²) in [5.41, 5.74) is 1.23. The number of esters is 1. The third-order valence-electron chi connectivity index (χ3n) is 4.58. The predicted molar refractivity (Wildman–Crippen MR) is 121 cm³/mol. The maximum Gasteiger partial charge on any atom is 0.360 e. The number of benzene rings is 2. The van der Waals surface area contributed by atoms with E-state index in [9.17, 15) is 4.79 Å². The molecule has 1 unspecified atom stereocenters. The molecule has 0 heterocycles. The van der Waals surface area contributed by atoms with E-state index in [2.05, 4.69) is 5.16 Å². The van der Waals surface area contributed by atoms with Gasteiger partial charge in [-0.3, -0.25) is 0 Å². The molecule has 2 aromatic rings.